The summed E-state index contributed by atoms with van der Waals surface area (Å²) >= 11 is 0. The van der Waals surface area contributed by atoms with Gasteiger partial charge in [-0.05, 0) is 30.2 Å². The van der Waals surface area contributed by atoms with Crippen LogP contribution >= 0.6 is 0 Å². The number of ether oxygens (including phenoxy) is 2. The van der Waals surface area contributed by atoms with E-state index in [-0.39, 0.29) is 6.61 Å². The maximum absolute atomic E-state index is 9.36. The van der Waals surface area contributed by atoms with Gasteiger partial charge in [0.1, 0.15) is 0 Å². The molecule has 2 rings (SSSR count). The highest BCUT2D eigenvalue weighted by Gasteiger charge is 2.06. The predicted molar refractivity (Wildman–Crippen MR) is 93.1 cm³/mol. The zero-order valence-electron chi connectivity index (χ0n) is 13.8. The second-order valence-electron chi connectivity index (χ2n) is 5.36. The third-order valence-electron chi connectivity index (χ3n) is 3.65. The molecule has 0 radical (unpaired) electrons. The maximum Gasteiger partial charge on any atom is 0.161 e. The van der Waals surface area contributed by atoms with E-state index < -0.39 is 0 Å². The average molecular weight is 315 g/mol. The van der Waals surface area contributed by atoms with E-state index in [9.17, 15) is 5.11 Å². The topological polar surface area (TPSA) is 50.7 Å². The van der Waals surface area contributed by atoms with Crippen LogP contribution in [0.2, 0.25) is 0 Å². The Morgan fingerprint density at radius 1 is 1.09 bits per heavy atom. The van der Waals surface area contributed by atoms with Crippen LogP contribution in [0.3, 0.4) is 0 Å². The van der Waals surface area contributed by atoms with Crippen LogP contribution in [0.5, 0.6) is 11.5 Å². The number of benzene rings is 2. The van der Waals surface area contributed by atoms with E-state index in [2.05, 4.69) is 12.2 Å². The van der Waals surface area contributed by atoms with E-state index >= 15 is 0 Å². The van der Waals surface area contributed by atoms with E-state index in [4.69, 9.17) is 9.47 Å². The monoisotopic (exact) mass is 315 g/mol. The van der Waals surface area contributed by atoms with Crippen molar-refractivity contribution in [1.29, 1.82) is 0 Å². The number of hydrogen-bond acceptors (Lipinski definition) is 4. The Hall–Kier alpha value is -2.20. The lowest BCUT2D eigenvalue weighted by Crippen LogP contribution is -2.04. The highest BCUT2D eigenvalue weighted by Crippen LogP contribution is 2.28. The number of methoxy groups -OCH3 is 1. The minimum Gasteiger partial charge on any atom is -0.493 e. The van der Waals surface area contributed by atoms with Gasteiger partial charge in [0.25, 0.3) is 0 Å². The normalized spacial score (nSPS) is 10.4. The van der Waals surface area contributed by atoms with Gasteiger partial charge in [-0.1, -0.05) is 37.6 Å². The molecule has 0 aromatic heterocycles. The molecule has 2 aromatic rings. The van der Waals surface area contributed by atoms with E-state index in [1.165, 1.54) is 0 Å². The number of aliphatic hydroxyl groups is 1. The Morgan fingerprint density at radius 3 is 2.65 bits per heavy atom. The quantitative estimate of drug-likeness (QED) is 0.687. The Bertz CT molecular complexity index is 613. The molecule has 0 saturated heterocycles. The van der Waals surface area contributed by atoms with Crippen LogP contribution in [0, 0.1) is 0 Å². The van der Waals surface area contributed by atoms with Gasteiger partial charge < -0.3 is 19.9 Å². The van der Waals surface area contributed by atoms with Crippen molar-refractivity contribution in [1.82, 2.24) is 0 Å². The third kappa shape index (κ3) is 4.89. The number of unbranched alkanes of at least 4 members (excludes halogenated alkanes) is 1. The number of aliphatic hydroxyl groups excluding tert-OH is 1. The van der Waals surface area contributed by atoms with Crippen molar-refractivity contribution in [2.45, 2.75) is 32.9 Å². The van der Waals surface area contributed by atoms with Crippen LogP contribution < -0.4 is 14.8 Å². The van der Waals surface area contributed by atoms with Crippen LogP contribution in [-0.2, 0) is 13.2 Å². The molecule has 0 atom stereocenters. The van der Waals surface area contributed by atoms with Gasteiger partial charge in [-0.2, -0.15) is 0 Å². The number of nitrogens with one attached hydrogen (secondary N) is 1. The van der Waals surface area contributed by atoms with Gasteiger partial charge in [-0.15, -0.1) is 0 Å². The first-order valence-corrected chi connectivity index (χ1v) is 8.00. The molecular formula is C19H25NO3. The molecule has 0 bridgehead atoms. The molecule has 124 valence electrons. The van der Waals surface area contributed by atoms with E-state index in [1.807, 2.05) is 42.5 Å². The SMILES string of the molecule is CCCCOc1ccc(CNc2ccccc2CO)cc1OC. The molecule has 4 heteroatoms. The van der Waals surface area contributed by atoms with Gasteiger partial charge in [0.2, 0.25) is 0 Å². The van der Waals surface area contributed by atoms with E-state index in [1.54, 1.807) is 7.11 Å². The molecule has 0 unspecified atom stereocenters. The molecule has 0 heterocycles. The molecule has 4 nitrogen and oxygen atoms in total. The molecule has 23 heavy (non-hydrogen) atoms. The summed E-state index contributed by atoms with van der Waals surface area (Å²) in [5.41, 5.74) is 2.92. The molecular weight excluding hydrogens is 290 g/mol. The van der Waals surface area contributed by atoms with Gasteiger partial charge in [-0.25, -0.2) is 0 Å². The summed E-state index contributed by atoms with van der Waals surface area (Å²) in [6, 6.07) is 13.7. The largest absolute Gasteiger partial charge is 0.493 e. The first-order valence-electron chi connectivity index (χ1n) is 8.00. The third-order valence-corrected chi connectivity index (χ3v) is 3.65. The Morgan fingerprint density at radius 2 is 1.91 bits per heavy atom. The van der Waals surface area contributed by atoms with Crippen LogP contribution in [0.15, 0.2) is 42.5 Å². The molecule has 0 spiro atoms. The maximum atomic E-state index is 9.36. The fraction of sp³-hybridized carbons (Fsp3) is 0.368. The number of hydrogen-bond donors (Lipinski definition) is 2. The molecule has 2 aromatic carbocycles. The molecule has 0 aliphatic carbocycles. The van der Waals surface area contributed by atoms with Crippen molar-refractivity contribution in [2.24, 2.45) is 0 Å². The van der Waals surface area contributed by atoms with Gasteiger partial charge in [0.15, 0.2) is 11.5 Å². The summed E-state index contributed by atoms with van der Waals surface area (Å²) < 4.78 is 11.2. The van der Waals surface area contributed by atoms with Crippen LogP contribution in [0.1, 0.15) is 30.9 Å². The summed E-state index contributed by atoms with van der Waals surface area (Å²) in [6.45, 7) is 3.52. The lowest BCUT2D eigenvalue weighted by molar-refractivity contribution is 0.282. The lowest BCUT2D eigenvalue weighted by Gasteiger charge is -2.14. The first kappa shape index (κ1) is 17.2. The van der Waals surface area contributed by atoms with Gasteiger partial charge in [0.05, 0.1) is 20.3 Å². The molecule has 0 fully saturated rings. The van der Waals surface area contributed by atoms with Crippen LogP contribution in [-0.4, -0.2) is 18.8 Å². The number of anilines is 1. The second-order valence-corrected chi connectivity index (χ2v) is 5.36. The van der Waals surface area contributed by atoms with Crippen molar-refractivity contribution in [3.05, 3.63) is 53.6 Å². The minimum atomic E-state index is 0.0245. The minimum absolute atomic E-state index is 0.0245. The fourth-order valence-corrected chi connectivity index (χ4v) is 2.30. The average Bonchev–Trinajstić information content (AvgIpc) is 2.61. The molecule has 0 aliphatic heterocycles. The smallest absolute Gasteiger partial charge is 0.161 e. The standard InChI is InChI=1S/C19H25NO3/c1-3-4-11-23-18-10-9-15(12-19(18)22-2)13-20-17-8-6-5-7-16(17)14-21/h5-10,12,20-21H,3-4,11,13-14H2,1-2H3. The van der Waals surface area contributed by atoms with Crippen molar-refractivity contribution >= 4 is 5.69 Å². The molecule has 0 amide bonds. The zero-order valence-corrected chi connectivity index (χ0v) is 13.8. The summed E-state index contributed by atoms with van der Waals surface area (Å²) in [6.07, 6.45) is 2.14. The predicted octanol–water partition coefficient (Wildman–Crippen LogP) is 3.98. The van der Waals surface area contributed by atoms with Crippen molar-refractivity contribution in [3.63, 3.8) is 0 Å². The van der Waals surface area contributed by atoms with Crippen LogP contribution in [0.4, 0.5) is 5.69 Å². The summed E-state index contributed by atoms with van der Waals surface area (Å²) in [7, 11) is 1.65. The van der Waals surface area contributed by atoms with Gasteiger partial charge in [0, 0.05) is 17.8 Å². The fourth-order valence-electron chi connectivity index (χ4n) is 2.30. The van der Waals surface area contributed by atoms with Crippen molar-refractivity contribution in [3.8, 4) is 11.5 Å². The van der Waals surface area contributed by atoms with E-state index in [0.29, 0.717) is 13.2 Å². The summed E-state index contributed by atoms with van der Waals surface area (Å²) in [5.74, 6) is 1.52. The lowest BCUT2D eigenvalue weighted by atomic mass is 10.1. The Kier molecular flexibility index (Phi) is 6.76. The number of rotatable bonds is 9. The van der Waals surface area contributed by atoms with Crippen molar-refractivity contribution < 1.29 is 14.6 Å². The molecule has 0 saturated carbocycles. The summed E-state index contributed by atoms with van der Waals surface area (Å²) in [5, 5.41) is 12.7. The summed E-state index contributed by atoms with van der Waals surface area (Å²) in [4.78, 5) is 0. The molecule has 2 N–H and O–H groups in total. The van der Waals surface area contributed by atoms with Gasteiger partial charge in [-0.3, -0.25) is 0 Å². The van der Waals surface area contributed by atoms with Crippen LogP contribution in [0.25, 0.3) is 0 Å². The number of para-hydroxylation sites is 1. The van der Waals surface area contributed by atoms with Gasteiger partial charge >= 0.3 is 0 Å². The highest BCUT2D eigenvalue weighted by atomic mass is 16.5. The first-order chi connectivity index (χ1) is 11.3. The Balaban J connectivity index is 2.03. The highest BCUT2D eigenvalue weighted by molar-refractivity contribution is 5.52. The molecule has 0 aliphatic rings. The van der Waals surface area contributed by atoms with Crippen molar-refractivity contribution in [2.75, 3.05) is 19.0 Å². The zero-order chi connectivity index (χ0) is 16.5. The Labute approximate surface area is 138 Å². The second kappa shape index (κ2) is 9.06. The van der Waals surface area contributed by atoms with E-state index in [0.717, 1.165) is 41.2 Å².